The van der Waals surface area contributed by atoms with Crippen molar-refractivity contribution < 1.29 is 24.6 Å². The van der Waals surface area contributed by atoms with Gasteiger partial charge in [0.1, 0.15) is 0 Å². The molecule has 1 amide bonds. The van der Waals surface area contributed by atoms with Crippen LogP contribution in [0, 0.1) is 5.92 Å². The first-order chi connectivity index (χ1) is 7.40. The summed E-state index contributed by atoms with van der Waals surface area (Å²) in [4.78, 5) is 30.3. The fraction of sp³-hybridized carbons (Fsp3) is 0.500. The summed E-state index contributed by atoms with van der Waals surface area (Å²) >= 11 is 0. The van der Waals surface area contributed by atoms with Crippen molar-refractivity contribution in [3.8, 4) is 0 Å². The van der Waals surface area contributed by atoms with Gasteiger partial charge < -0.3 is 15.5 Å². The van der Waals surface area contributed by atoms with Crippen molar-refractivity contribution in [1.82, 2.24) is 5.32 Å². The van der Waals surface area contributed by atoms with E-state index in [1.807, 2.05) is 0 Å². The third-order valence-corrected chi connectivity index (χ3v) is 1.61. The second kappa shape index (κ2) is 13.5. The average molecular weight is 273 g/mol. The van der Waals surface area contributed by atoms with Gasteiger partial charge in [0.15, 0.2) is 5.92 Å². The molecule has 0 aromatic rings. The van der Waals surface area contributed by atoms with Crippen LogP contribution in [-0.4, -0.2) is 72.8 Å². The summed E-state index contributed by atoms with van der Waals surface area (Å²) in [7, 11) is 1.56. The summed E-state index contributed by atoms with van der Waals surface area (Å²) < 4.78 is 0. The van der Waals surface area contributed by atoms with E-state index in [-0.39, 0.29) is 50.1 Å². The molecule has 6 nitrogen and oxygen atoms in total. The molecule has 0 saturated heterocycles. The number of aliphatic carboxylic acids is 2. The third-order valence-electron chi connectivity index (χ3n) is 1.61. The van der Waals surface area contributed by atoms with Gasteiger partial charge in [0.25, 0.3) is 0 Å². The van der Waals surface area contributed by atoms with Crippen LogP contribution < -0.4 is 5.32 Å². The number of amides is 1. The maximum atomic E-state index is 10.2. The standard InChI is InChI=1S/C6H10O4.C4H7NO.Ca.2H/c1-2-3-4(5(7)8)6(9)10;1-3-4(6)5-2;;;/h4H,2-3H2,1H3,(H,7,8)(H,9,10);3H,1H2,2H3,(H,5,6);;;. The third kappa shape index (κ3) is 13.3. The first-order valence-electron chi connectivity index (χ1n) is 4.70. The van der Waals surface area contributed by atoms with Crippen LogP contribution in [0.3, 0.4) is 0 Å². The Morgan fingerprint density at radius 2 is 1.71 bits per heavy atom. The Kier molecular flexibility index (Phi) is 17.2. The zero-order valence-corrected chi connectivity index (χ0v) is 9.40. The number of rotatable bonds is 5. The van der Waals surface area contributed by atoms with Gasteiger partial charge in [-0.2, -0.15) is 0 Å². The van der Waals surface area contributed by atoms with Crippen LogP contribution in [0.1, 0.15) is 19.8 Å². The molecule has 0 atom stereocenters. The van der Waals surface area contributed by atoms with Crippen molar-refractivity contribution >= 4 is 55.6 Å². The quantitative estimate of drug-likeness (QED) is 0.358. The molecule has 0 aromatic carbocycles. The monoisotopic (exact) mass is 273 g/mol. The van der Waals surface area contributed by atoms with E-state index >= 15 is 0 Å². The summed E-state index contributed by atoms with van der Waals surface area (Å²) in [5.74, 6) is -3.89. The summed E-state index contributed by atoms with van der Waals surface area (Å²) in [6, 6.07) is 0. The number of likely N-dealkylation sites (N-methyl/N-ethyl adjacent to an activating group) is 1. The van der Waals surface area contributed by atoms with Gasteiger partial charge in [-0.05, 0) is 12.5 Å². The second-order valence-electron chi connectivity index (χ2n) is 2.84. The fourth-order valence-corrected chi connectivity index (χ4v) is 0.743. The van der Waals surface area contributed by atoms with E-state index < -0.39 is 17.9 Å². The summed E-state index contributed by atoms with van der Waals surface area (Å²) in [5.41, 5.74) is 0. The van der Waals surface area contributed by atoms with Gasteiger partial charge >= 0.3 is 49.7 Å². The minimum atomic E-state index is -1.26. The van der Waals surface area contributed by atoms with Crippen molar-refractivity contribution in [1.29, 1.82) is 0 Å². The molecule has 0 saturated carbocycles. The van der Waals surface area contributed by atoms with Gasteiger partial charge in [0.2, 0.25) is 5.91 Å². The van der Waals surface area contributed by atoms with E-state index in [1.54, 1.807) is 14.0 Å². The van der Waals surface area contributed by atoms with Gasteiger partial charge in [0, 0.05) is 7.05 Å². The van der Waals surface area contributed by atoms with Gasteiger partial charge in [-0.1, -0.05) is 19.9 Å². The molecule has 7 heteroatoms. The summed E-state index contributed by atoms with van der Waals surface area (Å²) in [5, 5.41) is 18.9. The number of carbonyl (C=O) groups excluding carboxylic acids is 1. The van der Waals surface area contributed by atoms with Crippen LogP contribution in [0.4, 0.5) is 0 Å². The van der Waals surface area contributed by atoms with E-state index in [2.05, 4.69) is 11.9 Å². The van der Waals surface area contributed by atoms with Crippen molar-refractivity contribution in [2.75, 3.05) is 7.05 Å². The van der Waals surface area contributed by atoms with E-state index in [0.29, 0.717) is 6.42 Å². The van der Waals surface area contributed by atoms with Crippen molar-refractivity contribution in [3.05, 3.63) is 12.7 Å². The molecule has 0 aromatic heterocycles. The molecule has 0 unspecified atom stereocenters. The summed E-state index contributed by atoms with van der Waals surface area (Å²) in [6.07, 6.45) is 1.99. The van der Waals surface area contributed by atoms with E-state index in [9.17, 15) is 14.4 Å². The molecule has 0 aliphatic heterocycles. The topological polar surface area (TPSA) is 104 Å². The molecule has 0 fully saturated rings. The number of carboxylic acid groups (broad SMARTS) is 2. The SMILES string of the molecule is C=CC(=O)NC.CCCC(C(=O)O)C(=O)O.[CaH2]. The fourth-order valence-electron chi connectivity index (χ4n) is 0.743. The van der Waals surface area contributed by atoms with Gasteiger partial charge in [-0.25, -0.2) is 0 Å². The Labute approximate surface area is 130 Å². The van der Waals surface area contributed by atoms with Crippen LogP contribution in [-0.2, 0) is 14.4 Å². The predicted molar refractivity (Wildman–Crippen MR) is 66.5 cm³/mol. The number of nitrogens with one attached hydrogen (secondary N) is 1. The number of carboxylic acids is 2. The molecule has 0 aliphatic carbocycles. The average Bonchev–Trinajstić information content (AvgIpc) is 2.24. The Morgan fingerprint density at radius 3 is 1.76 bits per heavy atom. The number of carbonyl (C=O) groups is 3. The van der Waals surface area contributed by atoms with Gasteiger partial charge in [0.05, 0.1) is 0 Å². The van der Waals surface area contributed by atoms with Gasteiger partial charge in [-0.3, -0.25) is 14.4 Å². The number of hydrogen-bond donors (Lipinski definition) is 3. The molecule has 0 heterocycles. The first-order valence-corrected chi connectivity index (χ1v) is 4.70. The van der Waals surface area contributed by atoms with Crippen molar-refractivity contribution in [2.24, 2.45) is 5.92 Å². The zero-order chi connectivity index (χ0) is 13.1. The molecular weight excluding hydrogens is 254 g/mol. The van der Waals surface area contributed by atoms with E-state index in [1.165, 1.54) is 6.08 Å². The predicted octanol–water partition coefficient (Wildman–Crippen LogP) is -0.426. The van der Waals surface area contributed by atoms with E-state index in [4.69, 9.17) is 10.2 Å². The molecule has 96 valence electrons. The van der Waals surface area contributed by atoms with Crippen LogP contribution in [0.25, 0.3) is 0 Å². The van der Waals surface area contributed by atoms with Crippen molar-refractivity contribution in [2.45, 2.75) is 19.8 Å². The first kappa shape index (κ1) is 21.7. The Morgan fingerprint density at radius 1 is 1.29 bits per heavy atom. The normalized spacial score (nSPS) is 8.18. The molecule has 0 aliphatic rings. The van der Waals surface area contributed by atoms with Crippen molar-refractivity contribution in [3.63, 3.8) is 0 Å². The molecule has 17 heavy (non-hydrogen) atoms. The maximum absolute atomic E-state index is 10.2. The van der Waals surface area contributed by atoms with Crippen LogP contribution in [0.5, 0.6) is 0 Å². The minimum absolute atomic E-state index is 0. The van der Waals surface area contributed by atoms with Crippen LogP contribution >= 0.6 is 0 Å². The molecule has 0 radical (unpaired) electrons. The van der Waals surface area contributed by atoms with Crippen LogP contribution in [0.2, 0.25) is 0 Å². The second-order valence-corrected chi connectivity index (χ2v) is 2.84. The Balaban J connectivity index is -0.000000244. The molecule has 0 rings (SSSR count). The Bertz CT molecular complexity index is 253. The molecular formula is C10H19CaNO5. The number of hydrogen-bond acceptors (Lipinski definition) is 3. The van der Waals surface area contributed by atoms with Crippen LogP contribution in [0.15, 0.2) is 12.7 Å². The molecule has 0 bridgehead atoms. The zero-order valence-electron chi connectivity index (χ0n) is 9.40. The van der Waals surface area contributed by atoms with E-state index in [0.717, 1.165) is 0 Å². The molecule has 0 spiro atoms. The Hall–Kier alpha value is -0.590. The summed E-state index contributed by atoms with van der Waals surface area (Å²) in [6.45, 7) is 4.97. The molecule has 3 N–H and O–H groups in total. The van der Waals surface area contributed by atoms with Gasteiger partial charge in [-0.15, -0.1) is 0 Å².